The Bertz CT molecular complexity index is 264. The highest BCUT2D eigenvalue weighted by Crippen LogP contribution is 1.95. The van der Waals surface area contributed by atoms with Crippen LogP contribution in [0.1, 0.15) is 10.5 Å². The molecule has 0 radical (unpaired) electrons. The number of hydrogen-bond acceptors (Lipinski definition) is 5. The Kier molecular flexibility index (Phi) is 2.67. The third-order valence-electron chi connectivity index (χ3n) is 1.13. The van der Waals surface area contributed by atoms with Crippen molar-refractivity contribution >= 4 is 5.91 Å². The fourth-order valence-corrected chi connectivity index (χ4v) is 0.590. The van der Waals surface area contributed by atoms with Crippen molar-refractivity contribution in [3.8, 4) is 0 Å². The summed E-state index contributed by atoms with van der Waals surface area (Å²) in [5, 5.41) is 8.86. The molecular weight excluding hydrogens is 162 g/mol. The predicted molar refractivity (Wildman–Crippen MR) is 37.0 cm³/mol. The molecule has 0 unspecified atom stereocenters. The minimum Gasteiger partial charge on any atom is -0.262 e. The molecule has 1 N–H and O–H groups in total. The summed E-state index contributed by atoms with van der Waals surface area (Å²) in [7, 11) is 1.16. The smallest absolute Gasteiger partial charge is 0.262 e. The molecule has 1 rings (SSSR count). The van der Waals surface area contributed by atoms with Crippen molar-refractivity contribution in [2.24, 2.45) is 0 Å². The van der Waals surface area contributed by atoms with E-state index in [0.29, 0.717) is 0 Å². The lowest BCUT2D eigenvalue weighted by atomic mass is 10.4. The molecule has 64 valence electrons. The van der Waals surface area contributed by atoms with Gasteiger partial charge in [-0.15, -0.1) is 0 Å². The summed E-state index contributed by atoms with van der Waals surface area (Å²) >= 11 is 0. The fourth-order valence-electron chi connectivity index (χ4n) is 0.590. The molecule has 1 aromatic heterocycles. The first kappa shape index (κ1) is 8.57. The van der Waals surface area contributed by atoms with E-state index in [0.717, 1.165) is 7.11 Å². The van der Waals surface area contributed by atoms with Crippen molar-refractivity contribution in [1.82, 2.24) is 15.2 Å². The van der Waals surface area contributed by atoms with Gasteiger partial charge in [0, 0.05) is 12.4 Å². The van der Waals surface area contributed by atoms with Gasteiger partial charge < -0.3 is 0 Å². The molecule has 0 atom stereocenters. The quantitative estimate of drug-likeness (QED) is 0.493. The van der Waals surface area contributed by atoms with Crippen LogP contribution in [0.4, 0.5) is 0 Å². The molecule has 0 fully saturated rings. The highest BCUT2D eigenvalue weighted by molar-refractivity contribution is 5.90. The van der Waals surface area contributed by atoms with Crippen LogP contribution in [0.3, 0.4) is 0 Å². The van der Waals surface area contributed by atoms with E-state index in [1.807, 2.05) is 0 Å². The van der Waals surface area contributed by atoms with Crippen molar-refractivity contribution in [3.63, 3.8) is 0 Å². The molecule has 0 bridgehead atoms. The molecular formula is C6H7N3O3. The maximum atomic E-state index is 11.0. The van der Waals surface area contributed by atoms with Crippen molar-refractivity contribution in [2.45, 2.75) is 0 Å². The van der Waals surface area contributed by atoms with Crippen molar-refractivity contribution in [3.05, 3.63) is 24.3 Å². The average Bonchev–Trinajstić information content (AvgIpc) is 2.17. The first-order valence-electron chi connectivity index (χ1n) is 3.09. The molecule has 1 heterocycles. The minimum absolute atomic E-state index is 0.0156. The second-order valence-electron chi connectivity index (χ2n) is 1.85. The summed E-state index contributed by atoms with van der Waals surface area (Å²) in [6.07, 6.45) is 3.99. The van der Waals surface area contributed by atoms with Gasteiger partial charge >= 0.3 is 5.91 Å². The van der Waals surface area contributed by atoms with Crippen LogP contribution < -0.4 is 0 Å². The van der Waals surface area contributed by atoms with Crippen LogP contribution in [0.15, 0.2) is 18.6 Å². The van der Waals surface area contributed by atoms with Crippen LogP contribution in [-0.4, -0.2) is 33.4 Å². The summed E-state index contributed by atoms with van der Waals surface area (Å²) in [5.74, 6) is -0.759. The average molecular weight is 169 g/mol. The number of hydroxylamine groups is 2. The van der Waals surface area contributed by atoms with E-state index < -0.39 is 5.91 Å². The van der Waals surface area contributed by atoms with Gasteiger partial charge in [0.05, 0.1) is 13.3 Å². The van der Waals surface area contributed by atoms with E-state index in [4.69, 9.17) is 5.21 Å². The fraction of sp³-hybridized carbons (Fsp3) is 0.167. The van der Waals surface area contributed by atoms with E-state index in [9.17, 15) is 4.79 Å². The lowest BCUT2D eigenvalue weighted by Gasteiger charge is -2.08. The summed E-state index contributed by atoms with van der Waals surface area (Å²) in [4.78, 5) is 22.6. The Balaban J connectivity index is 2.79. The highest BCUT2D eigenvalue weighted by atomic mass is 16.9. The van der Waals surface area contributed by atoms with E-state index in [2.05, 4.69) is 14.8 Å². The lowest BCUT2D eigenvalue weighted by molar-refractivity contribution is -0.280. The van der Waals surface area contributed by atoms with Gasteiger partial charge in [-0.05, 0) is 0 Å². The number of carbonyl (C=O) groups excluding carboxylic acids is 1. The molecule has 6 heteroatoms. The van der Waals surface area contributed by atoms with E-state index in [1.54, 1.807) is 0 Å². The van der Waals surface area contributed by atoms with Gasteiger partial charge in [-0.3, -0.25) is 15.0 Å². The monoisotopic (exact) mass is 169 g/mol. The molecule has 12 heavy (non-hydrogen) atoms. The van der Waals surface area contributed by atoms with Gasteiger partial charge in [-0.1, -0.05) is 5.23 Å². The maximum absolute atomic E-state index is 11.0. The first-order chi connectivity index (χ1) is 5.75. The summed E-state index contributed by atoms with van der Waals surface area (Å²) in [5.41, 5.74) is 0.0156. The van der Waals surface area contributed by atoms with Crippen LogP contribution in [-0.2, 0) is 4.84 Å². The molecule has 6 nitrogen and oxygen atoms in total. The van der Waals surface area contributed by atoms with Crippen LogP contribution >= 0.6 is 0 Å². The third kappa shape index (κ3) is 1.74. The molecule has 1 amide bonds. The van der Waals surface area contributed by atoms with Crippen molar-refractivity contribution in [1.29, 1.82) is 0 Å². The van der Waals surface area contributed by atoms with Crippen LogP contribution in [0, 0.1) is 0 Å². The summed E-state index contributed by atoms with van der Waals surface area (Å²) in [6.45, 7) is 0. The van der Waals surface area contributed by atoms with Crippen LogP contribution in [0.2, 0.25) is 0 Å². The topological polar surface area (TPSA) is 75.6 Å². The van der Waals surface area contributed by atoms with E-state index >= 15 is 0 Å². The molecule has 0 aliphatic heterocycles. The molecule has 0 aromatic carbocycles. The number of rotatable bonds is 2. The van der Waals surface area contributed by atoms with E-state index in [-0.39, 0.29) is 10.9 Å². The van der Waals surface area contributed by atoms with Crippen LogP contribution in [0.25, 0.3) is 0 Å². The SMILES string of the molecule is CON(O)C(=O)c1cnccn1. The van der Waals surface area contributed by atoms with Gasteiger partial charge in [0.15, 0.2) is 5.69 Å². The predicted octanol–water partition coefficient (Wildman–Crippen LogP) is -0.131. The maximum Gasteiger partial charge on any atom is 0.323 e. The van der Waals surface area contributed by atoms with Gasteiger partial charge in [-0.25, -0.2) is 9.82 Å². The number of amides is 1. The zero-order valence-electron chi connectivity index (χ0n) is 6.34. The van der Waals surface area contributed by atoms with Gasteiger partial charge in [0.1, 0.15) is 0 Å². The largest absolute Gasteiger partial charge is 0.323 e. The second kappa shape index (κ2) is 3.74. The van der Waals surface area contributed by atoms with Crippen molar-refractivity contribution < 1.29 is 14.8 Å². The zero-order chi connectivity index (χ0) is 8.97. The van der Waals surface area contributed by atoms with E-state index in [1.165, 1.54) is 18.6 Å². The Morgan fingerprint density at radius 1 is 1.67 bits per heavy atom. The Morgan fingerprint density at radius 3 is 2.92 bits per heavy atom. The molecule has 1 aromatic rings. The number of hydrogen-bond donors (Lipinski definition) is 1. The lowest BCUT2D eigenvalue weighted by Crippen LogP contribution is -2.26. The van der Waals surface area contributed by atoms with Gasteiger partial charge in [0.2, 0.25) is 0 Å². The third-order valence-corrected chi connectivity index (χ3v) is 1.13. The highest BCUT2D eigenvalue weighted by Gasteiger charge is 2.14. The molecule has 0 aliphatic carbocycles. The normalized spacial score (nSPS) is 9.50. The Morgan fingerprint density at radius 2 is 2.42 bits per heavy atom. The minimum atomic E-state index is -0.759. The first-order valence-corrected chi connectivity index (χ1v) is 3.09. The standard InChI is InChI=1S/C6H7N3O3/c1-12-9(11)6(10)5-4-7-2-3-8-5/h2-4,11H,1H3. The Labute approximate surface area is 68.3 Å². The summed E-state index contributed by atoms with van der Waals surface area (Å²) in [6, 6.07) is 0. The van der Waals surface area contributed by atoms with Gasteiger partial charge in [0.25, 0.3) is 0 Å². The number of carbonyl (C=O) groups is 1. The second-order valence-corrected chi connectivity index (χ2v) is 1.85. The van der Waals surface area contributed by atoms with Crippen LogP contribution in [0.5, 0.6) is 0 Å². The Hall–Kier alpha value is -1.53. The molecule has 0 aliphatic rings. The number of aromatic nitrogens is 2. The van der Waals surface area contributed by atoms with Crippen molar-refractivity contribution in [2.75, 3.05) is 7.11 Å². The van der Waals surface area contributed by atoms with Gasteiger partial charge in [-0.2, -0.15) is 0 Å². The molecule has 0 saturated heterocycles. The zero-order valence-corrected chi connectivity index (χ0v) is 6.34. The number of nitrogens with zero attached hydrogens (tertiary/aromatic N) is 3. The molecule has 0 spiro atoms. The molecule has 0 saturated carbocycles. The summed E-state index contributed by atoms with van der Waals surface area (Å²) < 4.78 is 0.